The van der Waals surface area contributed by atoms with Crippen LogP contribution in [0.15, 0.2) is 12.1 Å². The molecule has 1 atom stereocenters. The predicted molar refractivity (Wildman–Crippen MR) is 47.6 cm³/mol. The highest BCUT2D eigenvalue weighted by molar-refractivity contribution is 5.77. The zero-order valence-electron chi connectivity index (χ0n) is 8.12. The van der Waals surface area contributed by atoms with Gasteiger partial charge in [-0.2, -0.15) is 13.2 Å². The number of phenolic OH excluding ortho intramolecular Hbond substituents is 1. The Balaban J connectivity index is 3.52. The summed E-state index contributed by atoms with van der Waals surface area (Å²) in [4.78, 5) is 10.5. The number of carboxylic acids is 1. The van der Waals surface area contributed by atoms with Gasteiger partial charge in [0.15, 0.2) is 0 Å². The fourth-order valence-electron chi connectivity index (χ4n) is 1.29. The number of aliphatic carboxylic acids is 1. The predicted octanol–water partition coefficient (Wildman–Crippen LogP) is 1.63. The first-order chi connectivity index (χ1) is 7.64. The first-order valence-electron chi connectivity index (χ1n) is 4.22. The number of rotatable bonds is 2. The van der Waals surface area contributed by atoms with Crippen molar-refractivity contribution in [1.82, 2.24) is 0 Å². The van der Waals surface area contributed by atoms with E-state index in [0.717, 1.165) is 0 Å². The van der Waals surface area contributed by atoms with E-state index in [4.69, 9.17) is 10.8 Å². The molecule has 17 heavy (non-hydrogen) atoms. The number of alkyl halides is 3. The molecule has 0 radical (unpaired) electrons. The van der Waals surface area contributed by atoms with Gasteiger partial charge in [-0.1, -0.05) is 0 Å². The minimum Gasteiger partial charge on any atom is -0.507 e. The van der Waals surface area contributed by atoms with Gasteiger partial charge in [-0.15, -0.1) is 0 Å². The van der Waals surface area contributed by atoms with Crippen molar-refractivity contribution in [3.8, 4) is 5.75 Å². The molecule has 0 unspecified atom stereocenters. The number of phenols is 1. The summed E-state index contributed by atoms with van der Waals surface area (Å²) >= 11 is 0. The highest BCUT2D eigenvalue weighted by Crippen LogP contribution is 2.39. The number of hydrogen-bond donors (Lipinski definition) is 3. The zero-order valence-corrected chi connectivity index (χ0v) is 8.12. The summed E-state index contributed by atoms with van der Waals surface area (Å²) in [5.41, 5.74) is 2.33. The standard InChI is InChI=1S/C9H7F4NO3/c10-3-1-4(9(11,12)13)6(5(15)2-3)7(14)8(16)17/h1-2,7,15H,14H2,(H,16,17)/t7-/m0/s1. The van der Waals surface area contributed by atoms with Crippen LogP contribution >= 0.6 is 0 Å². The number of carboxylic acid groups (broad SMARTS) is 1. The van der Waals surface area contributed by atoms with Crippen LogP contribution in [-0.2, 0) is 11.0 Å². The van der Waals surface area contributed by atoms with Crippen LogP contribution in [-0.4, -0.2) is 16.2 Å². The highest BCUT2D eigenvalue weighted by atomic mass is 19.4. The van der Waals surface area contributed by atoms with Crippen molar-refractivity contribution in [2.24, 2.45) is 5.73 Å². The van der Waals surface area contributed by atoms with E-state index < -0.39 is 40.9 Å². The molecule has 1 aromatic rings. The van der Waals surface area contributed by atoms with Gasteiger partial charge >= 0.3 is 12.1 Å². The van der Waals surface area contributed by atoms with Crippen LogP contribution < -0.4 is 5.73 Å². The minimum absolute atomic E-state index is 0.0812. The Bertz CT molecular complexity index is 458. The van der Waals surface area contributed by atoms with E-state index in [9.17, 15) is 27.5 Å². The Morgan fingerprint density at radius 3 is 2.29 bits per heavy atom. The van der Waals surface area contributed by atoms with E-state index in [2.05, 4.69) is 0 Å². The zero-order chi connectivity index (χ0) is 13.4. The second kappa shape index (κ2) is 4.21. The van der Waals surface area contributed by atoms with Crippen LogP contribution in [0, 0.1) is 5.82 Å². The molecule has 4 N–H and O–H groups in total. The number of benzene rings is 1. The monoisotopic (exact) mass is 253 g/mol. The van der Waals surface area contributed by atoms with Crippen molar-refractivity contribution in [2.45, 2.75) is 12.2 Å². The molecule has 0 heterocycles. The van der Waals surface area contributed by atoms with E-state index in [1.807, 2.05) is 0 Å². The first-order valence-corrected chi connectivity index (χ1v) is 4.22. The van der Waals surface area contributed by atoms with Crippen LogP contribution in [0.1, 0.15) is 17.2 Å². The summed E-state index contributed by atoms with van der Waals surface area (Å²) in [6.07, 6.45) is -5.01. The van der Waals surface area contributed by atoms with E-state index in [-0.39, 0.29) is 6.07 Å². The van der Waals surface area contributed by atoms with Gasteiger partial charge in [0.1, 0.15) is 17.6 Å². The van der Waals surface area contributed by atoms with Crippen molar-refractivity contribution in [1.29, 1.82) is 0 Å². The lowest BCUT2D eigenvalue weighted by Crippen LogP contribution is -2.24. The molecule has 1 rings (SSSR count). The Kier molecular flexibility index (Phi) is 3.28. The van der Waals surface area contributed by atoms with E-state index in [0.29, 0.717) is 6.07 Å². The molecule has 4 nitrogen and oxygen atoms in total. The first kappa shape index (κ1) is 13.2. The Labute approximate surface area is 92.3 Å². The molecule has 0 aliphatic carbocycles. The van der Waals surface area contributed by atoms with Crippen molar-refractivity contribution >= 4 is 5.97 Å². The van der Waals surface area contributed by atoms with Crippen LogP contribution in [0.25, 0.3) is 0 Å². The van der Waals surface area contributed by atoms with Gasteiger partial charge in [-0.25, -0.2) is 4.39 Å². The Hall–Kier alpha value is -1.83. The third-order valence-electron chi connectivity index (χ3n) is 2.01. The van der Waals surface area contributed by atoms with Crippen LogP contribution in [0.5, 0.6) is 5.75 Å². The number of aromatic hydroxyl groups is 1. The van der Waals surface area contributed by atoms with E-state index in [1.54, 1.807) is 0 Å². The van der Waals surface area contributed by atoms with Gasteiger partial charge in [0.2, 0.25) is 0 Å². The van der Waals surface area contributed by atoms with Crippen LogP contribution in [0.4, 0.5) is 17.6 Å². The summed E-state index contributed by atoms with van der Waals surface area (Å²) < 4.78 is 50.3. The molecular formula is C9H7F4NO3. The topological polar surface area (TPSA) is 83.6 Å². The van der Waals surface area contributed by atoms with Crippen molar-refractivity contribution in [2.75, 3.05) is 0 Å². The summed E-state index contributed by atoms with van der Waals surface area (Å²) in [7, 11) is 0. The maximum atomic E-state index is 12.8. The number of hydrogen-bond acceptors (Lipinski definition) is 3. The molecule has 0 fully saturated rings. The third kappa shape index (κ3) is 2.64. The largest absolute Gasteiger partial charge is 0.507 e. The van der Waals surface area contributed by atoms with Crippen LogP contribution in [0.3, 0.4) is 0 Å². The maximum Gasteiger partial charge on any atom is 0.416 e. The van der Waals surface area contributed by atoms with Crippen LogP contribution in [0.2, 0.25) is 0 Å². The smallest absolute Gasteiger partial charge is 0.416 e. The van der Waals surface area contributed by atoms with Crippen molar-refractivity contribution in [3.63, 3.8) is 0 Å². The summed E-state index contributed by atoms with van der Waals surface area (Å²) in [6.45, 7) is 0. The number of nitrogens with two attached hydrogens (primary N) is 1. The lowest BCUT2D eigenvalue weighted by atomic mass is 9.99. The highest BCUT2D eigenvalue weighted by Gasteiger charge is 2.38. The lowest BCUT2D eigenvalue weighted by Gasteiger charge is -2.17. The van der Waals surface area contributed by atoms with E-state index in [1.165, 1.54) is 0 Å². The Morgan fingerprint density at radius 1 is 1.35 bits per heavy atom. The van der Waals surface area contributed by atoms with Gasteiger partial charge in [-0.05, 0) is 6.07 Å². The van der Waals surface area contributed by atoms with Gasteiger partial charge in [0.05, 0.1) is 5.56 Å². The van der Waals surface area contributed by atoms with Gasteiger partial charge in [0.25, 0.3) is 0 Å². The summed E-state index contributed by atoms with van der Waals surface area (Å²) in [5, 5.41) is 17.7. The number of halogens is 4. The fraction of sp³-hybridized carbons (Fsp3) is 0.222. The van der Waals surface area contributed by atoms with Gasteiger partial charge in [-0.3, -0.25) is 4.79 Å². The fourth-order valence-corrected chi connectivity index (χ4v) is 1.29. The Morgan fingerprint density at radius 2 is 1.88 bits per heavy atom. The lowest BCUT2D eigenvalue weighted by molar-refractivity contribution is -0.141. The van der Waals surface area contributed by atoms with E-state index >= 15 is 0 Å². The van der Waals surface area contributed by atoms with Gasteiger partial charge < -0.3 is 15.9 Å². The van der Waals surface area contributed by atoms with Crippen molar-refractivity contribution in [3.05, 3.63) is 29.1 Å². The minimum atomic E-state index is -5.01. The normalized spacial score (nSPS) is 13.5. The quantitative estimate of drug-likeness (QED) is 0.699. The summed E-state index contributed by atoms with van der Waals surface area (Å²) in [5.74, 6) is -4.25. The molecule has 0 bridgehead atoms. The third-order valence-corrected chi connectivity index (χ3v) is 2.01. The molecule has 8 heteroatoms. The van der Waals surface area contributed by atoms with Crippen molar-refractivity contribution < 1.29 is 32.6 Å². The molecule has 1 aromatic carbocycles. The molecule has 0 aliphatic rings. The molecule has 94 valence electrons. The second-order valence-corrected chi connectivity index (χ2v) is 3.20. The summed E-state index contributed by atoms with van der Waals surface area (Å²) in [6, 6.07) is -1.64. The average molecular weight is 253 g/mol. The molecule has 0 saturated carbocycles. The SMILES string of the molecule is N[C@H](C(=O)O)c1c(O)cc(F)cc1C(F)(F)F. The molecule has 0 amide bonds. The molecule has 0 aromatic heterocycles. The maximum absolute atomic E-state index is 12.8. The molecular weight excluding hydrogens is 246 g/mol. The second-order valence-electron chi connectivity index (χ2n) is 3.20. The molecule has 0 spiro atoms. The number of carbonyl (C=O) groups is 1. The van der Waals surface area contributed by atoms with Gasteiger partial charge in [0, 0.05) is 11.6 Å². The average Bonchev–Trinajstić information content (AvgIpc) is 2.14. The molecule has 0 aliphatic heterocycles. The molecule has 0 saturated heterocycles.